The summed E-state index contributed by atoms with van der Waals surface area (Å²) in [6.07, 6.45) is 8.05. The van der Waals surface area contributed by atoms with Crippen LogP contribution in [-0.2, 0) is 13.1 Å². The zero-order chi connectivity index (χ0) is 11.2. The maximum absolute atomic E-state index is 4.27. The lowest BCUT2D eigenvalue weighted by Crippen LogP contribution is -2.18. The summed E-state index contributed by atoms with van der Waals surface area (Å²) in [6.45, 7) is 6.85. The average Bonchev–Trinajstić information content (AvgIpc) is 3.09. The fourth-order valence-electron chi connectivity index (χ4n) is 2.32. The summed E-state index contributed by atoms with van der Waals surface area (Å²) in [6, 6.07) is 0.778. The summed E-state index contributed by atoms with van der Waals surface area (Å²) in [7, 11) is 0. The minimum Gasteiger partial charge on any atom is -0.333 e. The predicted octanol–water partition coefficient (Wildman–Crippen LogP) is 2.18. The van der Waals surface area contributed by atoms with Gasteiger partial charge in [-0.2, -0.15) is 0 Å². The molecule has 3 nitrogen and oxygen atoms in total. The Hall–Kier alpha value is -0.830. The third-order valence-electron chi connectivity index (χ3n) is 4.08. The summed E-state index contributed by atoms with van der Waals surface area (Å²) in [4.78, 5) is 4.27. The van der Waals surface area contributed by atoms with Crippen molar-refractivity contribution in [2.45, 2.75) is 52.2 Å². The molecule has 0 amide bonds. The lowest BCUT2D eigenvalue weighted by molar-refractivity contribution is 0.485. The van der Waals surface area contributed by atoms with E-state index in [1.807, 2.05) is 12.5 Å². The van der Waals surface area contributed by atoms with Gasteiger partial charge in [0, 0.05) is 25.3 Å². The Labute approximate surface area is 97.3 Å². The maximum atomic E-state index is 4.27. The van der Waals surface area contributed by atoms with Crippen molar-refractivity contribution in [2.24, 2.45) is 11.3 Å². The van der Waals surface area contributed by atoms with Crippen molar-refractivity contribution in [3.8, 4) is 0 Å². The second kappa shape index (κ2) is 3.59. The van der Waals surface area contributed by atoms with E-state index < -0.39 is 0 Å². The Morgan fingerprint density at radius 1 is 1.50 bits per heavy atom. The summed E-state index contributed by atoms with van der Waals surface area (Å²) < 4.78 is 2.33. The predicted molar refractivity (Wildman–Crippen MR) is 64.0 cm³/mol. The van der Waals surface area contributed by atoms with Crippen molar-refractivity contribution in [1.29, 1.82) is 0 Å². The van der Waals surface area contributed by atoms with Crippen LogP contribution in [0.15, 0.2) is 12.5 Å². The fraction of sp³-hybridized carbons (Fsp3) is 0.769. The molecular weight excluding hydrogens is 198 g/mol. The van der Waals surface area contributed by atoms with Crippen molar-refractivity contribution in [1.82, 2.24) is 14.9 Å². The summed E-state index contributed by atoms with van der Waals surface area (Å²) in [5.74, 6) is 0.848. The van der Waals surface area contributed by atoms with E-state index in [4.69, 9.17) is 0 Å². The molecule has 0 aromatic carbocycles. The molecule has 0 radical (unpaired) electrons. The zero-order valence-electron chi connectivity index (χ0n) is 10.2. The van der Waals surface area contributed by atoms with Crippen LogP contribution in [0.25, 0.3) is 0 Å². The van der Waals surface area contributed by atoms with E-state index in [0.717, 1.165) is 25.0 Å². The van der Waals surface area contributed by atoms with E-state index in [-0.39, 0.29) is 0 Å². The fourth-order valence-corrected chi connectivity index (χ4v) is 2.32. The van der Waals surface area contributed by atoms with Gasteiger partial charge in [-0.1, -0.05) is 13.8 Å². The van der Waals surface area contributed by atoms with E-state index in [1.165, 1.54) is 25.0 Å². The van der Waals surface area contributed by atoms with E-state index in [2.05, 4.69) is 28.7 Å². The minimum atomic E-state index is 0.561. The van der Waals surface area contributed by atoms with Crippen LogP contribution in [0, 0.1) is 11.3 Å². The Kier molecular flexibility index (Phi) is 2.32. The maximum Gasteiger partial charge on any atom is 0.0948 e. The monoisotopic (exact) mass is 219 g/mol. The van der Waals surface area contributed by atoms with Crippen LogP contribution in [0.3, 0.4) is 0 Å². The van der Waals surface area contributed by atoms with E-state index in [0.29, 0.717) is 5.41 Å². The van der Waals surface area contributed by atoms with E-state index in [1.54, 1.807) is 0 Å². The van der Waals surface area contributed by atoms with Crippen LogP contribution in [-0.4, -0.2) is 15.6 Å². The van der Waals surface area contributed by atoms with Crippen LogP contribution in [0.4, 0.5) is 0 Å². The number of hydrogen-bond acceptors (Lipinski definition) is 2. The van der Waals surface area contributed by atoms with Gasteiger partial charge in [-0.25, -0.2) is 4.98 Å². The molecular formula is C13H21N3. The molecule has 1 atom stereocenters. The highest BCUT2D eigenvalue weighted by atomic mass is 15.1. The SMILES string of the molecule is CC1(C)CC1Cn1cncc1CNC1CC1. The summed E-state index contributed by atoms with van der Waals surface area (Å²) in [5, 5.41) is 3.55. The third kappa shape index (κ3) is 2.14. The highest BCUT2D eigenvalue weighted by molar-refractivity contribution is 5.03. The van der Waals surface area contributed by atoms with Crippen molar-refractivity contribution >= 4 is 0 Å². The molecule has 2 aliphatic carbocycles. The Bertz CT molecular complexity index is 376. The quantitative estimate of drug-likeness (QED) is 0.822. The highest BCUT2D eigenvalue weighted by Crippen LogP contribution is 2.52. The summed E-state index contributed by atoms with van der Waals surface area (Å²) in [5.41, 5.74) is 1.90. The second-order valence-corrected chi connectivity index (χ2v) is 6.08. The molecule has 0 spiro atoms. The first-order valence-corrected chi connectivity index (χ1v) is 6.37. The van der Waals surface area contributed by atoms with Crippen molar-refractivity contribution in [3.63, 3.8) is 0 Å². The molecule has 1 heterocycles. The number of aromatic nitrogens is 2. The van der Waals surface area contributed by atoms with Crippen molar-refractivity contribution < 1.29 is 0 Å². The molecule has 0 saturated heterocycles. The molecule has 1 aromatic rings. The van der Waals surface area contributed by atoms with Crippen LogP contribution in [0.2, 0.25) is 0 Å². The molecule has 0 bridgehead atoms. The van der Waals surface area contributed by atoms with Crippen LogP contribution < -0.4 is 5.32 Å². The number of imidazole rings is 1. The zero-order valence-corrected chi connectivity index (χ0v) is 10.2. The van der Waals surface area contributed by atoms with Crippen LogP contribution >= 0.6 is 0 Å². The second-order valence-electron chi connectivity index (χ2n) is 6.08. The van der Waals surface area contributed by atoms with E-state index >= 15 is 0 Å². The Morgan fingerprint density at radius 3 is 2.88 bits per heavy atom. The molecule has 1 aromatic heterocycles. The molecule has 2 saturated carbocycles. The van der Waals surface area contributed by atoms with Gasteiger partial charge >= 0.3 is 0 Å². The average molecular weight is 219 g/mol. The van der Waals surface area contributed by atoms with Gasteiger partial charge in [0.2, 0.25) is 0 Å². The first kappa shape index (κ1) is 10.3. The normalized spacial score (nSPS) is 27.0. The molecule has 0 aliphatic heterocycles. The first-order valence-electron chi connectivity index (χ1n) is 6.37. The van der Waals surface area contributed by atoms with Gasteiger partial charge in [-0.05, 0) is 30.6 Å². The summed E-state index contributed by atoms with van der Waals surface area (Å²) >= 11 is 0. The van der Waals surface area contributed by atoms with E-state index in [9.17, 15) is 0 Å². The molecule has 2 fully saturated rings. The Balaban J connectivity index is 1.58. The van der Waals surface area contributed by atoms with Gasteiger partial charge in [0.05, 0.1) is 12.0 Å². The molecule has 1 unspecified atom stereocenters. The lowest BCUT2D eigenvalue weighted by atomic mass is 10.1. The van der Waals surface area contributed by atoms with Crippen molar-refractivity contribution in [3.05, 3.63) is 18.2 Å². The Morgan fingerprint density at radius 2 is 2.25 bits per heavy atom. The van der Waals surface area contributed by atoms with Crippen LogP contribution in [0.1, 0.15) is 38.8 Å². The topological polar surface area (TPSA) is 29.9 Å². The largest absolute Gasteiger partial charge is 0.333 e. The minimum absolute atomic E-state index is 0.561. The van der Waals surface area contributed by atoms with Gasteiger partial charge in [0.1, 0.15) is 0 Å². The molecule has 3 heteroatoms. The van der Waals surface area contributed by atoms with Crippen molar-refractivity contribution in [2.75, 3.05) is 0 Å². The van der Waals surface area contributed by atoms with Gasteiger partial charge in [0.25, 0.3) is 0 Å². The van der Waals surface area contributed by atoms with Gasteiger partial charge in [0.15, 0.2) is 0 Å². The number of nitrogens with one attached hydrogen (secondary N) is 1. The molecule has 16 heavy (non-hydrogen) atoms. The van der Waals surface area contributed by atoms with Gasteiger partial charge in [-0.15, -0.1) is 0 Å². The third-order valence-corrected chi connectivity index (χ3v) is 4.08. The molecule has 1 N–H and O–H groups in total. The standard InChI is InChI=1S/C13H21N3/c1-13(2)5-10(13)8-16-9-14-6-12(16)7-15-11-3-4-11/h6,9-11,15H,3-5,7-8H2,1-2H3. The number of nitrogens with zero attached hydrogens (tertiary/aromatic N) is 2. The molecule has 88 valence electrons. The molecule has 2 aliphatic rings. The number of rotatable bonds is 5. The molecule has 3 rings (SSSR count). The van der Waals surface area contributed by atoms with Crippen LogP contribution in [0.5, 0.6) is 0 Å². The smallest absolute Gasteiger partial charge is 0.0948 e. The number of hydrogen-bond donors (Lipinski definition) is 1. The lowest BCUT2D eigenvalue weighted by Gasteiger charge is -2.09. The first-order chi connectivity index (χ1) is 7.65. The van der Waals surface area contributed by atoms with Gasteiger partial charge < -0.3 is 9.88 Å². The highest BCUT2D eigenvalue weighted by Gasteiger charge is 2.45. The van der Waals surface area contributed by atoms with Gasteiger partial charge in [-0.3, -0.25) is 0 Å².